The fourth-order valence-electron chi connectivity index (χ4n) is 3.50. The van der Waals surface area contributed by atoms with E-state index in [1.807, 2.05) is 85.1 Å². The molecule has 1 aromatic heterocycles. The first-order chi connectivity index (χ1) is 12.7. The van der Waals surface area contributed by atoms with Gasteiger partial charge in [0.25, 0.3) is 0 Å². The van der Waals surface area contributed by atoms with E-state index in [9.17, 15) is 10.1 Å². The second-order valence-corrected chi connectivity index (χ2v) is 6.29. The molecule has 128 valence electrons. The number of nitro groups is 1. The summed E-state index contributed by atoms with van der Waals surface area (Å²) in [4.78, 5) is 11.1. The van der Waals surface area contributed by atoms with Crippen LogP contribution in [0.5, 0.6) is 0 Å². The maximum Gasteiger partial charge on any atom is 0.214 e. The Hall–Kier alpha value is -3.40. The quantitative estimate of drug-likeness (QED) is 0.377. The molecule has 4 nitrogen and oxygen atoms in total. The molecule has 0 fully saturated rings. The van der Waals surface area contributed by atoms with Crippen LogP contribution in [0.3, 0.4) is 0 Å². The fourth-order valence-corrected chi connectivity index (χ4v) is 3.50. The summed E-state index contributed by atoms with van der Waals surface area (Å²) in [6, 6.07) is 27.8. The largest absolute Gasteiger partial charge is 0.316 e. The minimum absolute atomic E-state index is 0.132. The maximum absolute atomic E-state index is 11.4. The summed E-state index contributed by atoms with van der Waals surface area (Å²) in [6.07, 6.45) is 2.04. The Bertz CT molecular complexity index is 1040. The smallest absolute Gasteiger partial charge is 0.214 e. The van der Waals surface area contributed by atoms with E-state index in [4.69, 9.17) is 0 Å². The average molecular weight is 342 g/mol. The second-order valence-electron chi connectivity index (χ2n) is 6.29. The summed E-state index contributed by atoms with van der Waals surface area (Å²) in [5, 5.41) is 12.4. The van der Waals surface area contributed by atoms with Gasteiger partial charge in [-0.2, -0.15) is 0 Å². The van der Waals surface area contributed by atoms with Crippen molar-refractivity contribution in [1.82, 2.24) is 4.57 Å². The van der Waals surface area contributed by atoms with Crippen molar-refractivity contribution in [3.05, 3.63) is 112 Å². The van der Waals surface area contributed by atoms with Crippen molar-refractivity contribution in [2.24, 2.45) is 0 Å². The minimum Gasteiger partial charge on any atom is -0.316 e. The summed E-state index contributed by atoms with van der Waals surface area (Å²) in [5.74, 6) is -0.291. The van der Waals surface area contributed by atoms with Crippen molar-refractivity contribution in [2.75, 3.05) is 6.54 Å². The normalized spacial score (nSPS) is 12.2. The van der Waals surface area contributed by atoms with Gasteiger partial charge in [-0.25, -0.2) is 0 Å². The van der Waals surface area contributed by atoms with Gasteiger partial charge in [0.1, 0.15) is 0 Å². The molecule has 0 saturated carbocycles. The topological polar surface area (TPSA) is 48.1 Å². The van der Waals surface area contributed by atoms with Gasteiger partial charge < -0.3 is 4.57 Å². The zero-order valence-corrected chi connectivity index (χ0v) is 14.2. The summed E-state index contributed by atoms with van der Waals surface area (Å²) in [6.45, 7) is -0.132. The van der Waals surface area contributed by atoms with Gasteiger partial charge in [0.05, 0.1) is 11.4 Å². The molecular formula is C22H18N2O2. The van der Waals surface area contributed by atoms with E-state index in [-0.39, 0.29) is 17.4 Å². The second kappa shape index (κ2) is 6.84. The molecule has 4 rings (SSSR count). The third-order valence-corrected chi connectivity index (χ3v) is 4.69. The highest BCUT2D eigenvalue weighted by Gasteiger charge is 2.24. The van der Waals surface area contributed by atoms with Crippen molar-refractivity contribution in [3.8, 4) is 5.69 Å². The maximum atomic E-state index is 11.4. The first-order valence-electron chi connectivity index (χ1n) is 8.56. The zero-order valence-electron chi connectivity index (χ0n) is 14.2. The molecule has 0 amide bonds. The molecule has 0 saturated heterocycles. The molecule has 0 spiro atoms. The molecule has 0 aliphatic carbocycles. The first-order valence-corrected chi connectivity index (χ1v) is 8.56. The number of rotatable bonds is 5. The van der Waals surface area contributed by atoms with E-state index >= 15 is 0 Å². The lowest BCUT2D eigenvalue weighted by molar-refractivity contribution is -0.481. The molecule has 26 heavy (non-hydrogen) atoms. The van der Waals surface area contributed by atoms with Crippen LogP contribution in [0.25, 0.3) is 16.6 Å². The number of benzene rings is 3. The van der Waals surface area contributed by atoms with Crippen LogP contribution in [0.1, 0.15) is 17.0 Å². The average Bonchev–Trinajstić information content (AvgIpc) is 3.07. The van der Waals surface area contributed by atoms with Crippen molar-refractivity contribution in [2.45, 2.75) is 5.92 Å². The lowest BCUT2D eigenvalue weighted by atomic mass is 9.91. The van der Waals surface area contributed by atoms with Crippen LogP contribution in [0.2, 0.25) is 0 Å². The molecule has 4 heteroatoms. The van der Waals surface area contributed by atoms with E-state index < -0.39 is 0 Å². The summed E-state index contributed by atoms with van der Waals surface area (Å²) in [7, 11) is 0. The Labute approximate surface area is 151 Å². The lowest BCUT2D eigenvalue weighted by Gasteiger charge is -2.12. The van der Waals surface area contributed by atoms with E-state index in [1.54, 1.807) is 0 Å². The Morgan fingerprint density at radius 2 is 1.46 bits per heavy atom. The monoisotopic (exact) mass is 342 g/mol. The van der Waals surface area contributed by atoms with Crippen molar-refractivity contribution >= 4 is 10.9 Å². The van der Waals surface area contributed by atoms with Gasteiger partial charge in [-0.1, -0.05) is 66.7 Å². The van der Waals surface area contributed by atoms with Gasteiger partial charge in [0.15, 0.2) is 0 Å². The Morgan fingerprint density at radius 1 is 0.846 bits per heavy atom. The fraction of sp³-hybridized carbons (Fsp3) is 0.0909. The number of para-hydroxylation sites is 2. The third-order valence-electron chi connectivity index (χ3n) is 4.69. The van der Waals surface area contributed by atoms with E-state index in [0.717, 1.165) is 27.7 Å². The Kier molecular flexibility index (Phi) is 4.23. The van der Waals surface area contributed by atoms with Crippen LogP contribution in [-0.4, -0.2) is 16.0 Å². The lowest BCUT2D eigenvalue weighted by Crippen LogP contribution is -2.13. The Morgan fingerprint density at radius 3 is 2.15 bits per heavy atom. The van der Waals surface area contributed by atoms with E-state index in [1.165, 1.54) is 0 Å². The molecule has 1 atom stereocenters. The van der Waals surface area contributed by atoms with Crippen molar-refractivity contribution in [1.29, 1.82) is 0 Å². The molecule has 3 aromatic carbocycles. The molecule has 0 aliphatic rings. The van der Waals surface area contributed by atoms with Gasteiger partial charge in [0, 0.05) is 22.2 Å². The van der Waals surface area contributed by atoms with Gasteiger partial charge in [-0.05, 0) is 29.3 Å². The first kappa shape index (κ1) is 16.1. The van der Waals surface area contributed by atoms with Gasteiger partial charge >= 0.3 is 0 Å². The number of nitrogens with zero attached hydrogens (tertiary/aromatic N) is 2. The number of aromatic nitrogens is 1. The molecule has 0 aliphatic heterocycles. The standard InChI is InChI=1S/C22H18N2O2/c25-24(26)16-20(17-9-3-1-4-10-17)21-15-23(18-11-5-2-6-12-18)22-14-8-7-13-19(21)22/h1-15,20H,16H2. The molecular weight excluding hydrogens is 324 g/mol. The molecule has 1 heterocycles. The molecule has 0 bridgehead atoms. The van der Waals surface area contributed by atoms with Crippen LogP contribution in [0, 0.1) is 10.1 Å². The Balaban J connectivity index is 1.93. The highest BCUT2D eigenvalue weighted by Crippen LogP contribution is 2.34. The number of hydrogen-bond acceptors (Lipinski definition) is 2. The predicted octanol–water partition coefficient (Wildman–Crippen LogP) is 5.04. The number of fused-ring (bicyclic) bond motifs is 1. The van der Waals surface area contributed by atoms with E-state index in [0.29, 0.717) is 0 Å². The minimum atomic E-state index is -0.291. The van der Waals surface area contributed by atoms with Crippen LogP contribution in [0.4, 0.5) is 0 Å². The molecule has 0 radical (unpaired) electrons. The summed E-state index contributed by atoms with van der Waals surface area (Å²) in [5.41, 5.74) is 4.04. The van der Waals surface area contributed by atoms with Gasteiger partial charge in [-0.15, -0.1) is 0 Å². The zero-order chi connectivity index (χ0) is 17.9. The summed E-state index contributed by atoms with van der Waals surface area (Å²) < 4.78 is 2.11. The van der Waals surface area contributed by atoms with E-state index in [2.05, 4.69) is 10.6 Å². The van der Waals surface area contributed by atoms with Crippen LogP contribution in [0.15, 0.2) is 91.1 Å². The highest BCUT2D eigenvalue weighted by molar-refractivity contribution is 5.86. The summed E-state index contributed by atoms with van der Waals surface area (Å²) >= 11 is 0. The predicted molar refractivity (Wildman–Crippen MR) is 103 cm³/mol. The van der Waals surface area contributed by atoms with Crippen LogP contribution in [-0.2, 0) is 0 Å². The van der Waals surface area contributed by atoms with Gasteiger partial charge in [0.2, 0.25) is 6.54 Å². The molecule has 0 N–H and O–H groups in total. The number of hydrogen-bond donors (Lipinski definition) is 0. The third kappa shape index (κ3) is 2.97. The molecule has 4 aromatic rings. The highest BCUT2D eigenvalue weighted by atomic mass is 16.6. The van der Waals surface area contributed by atoms with Crippen LogP contribution < -0.4 is 0 Å². The van der Waals surface area contributed by atoms with Crippen molar-refractivity contribution < 1.29 is 4.92 Å². The van der Waals surface area contributed by atoms with Gasteiger partial charge in [-0.3, -0.25) is 10.1 Å². The van der Waals surface area contributed by atoms with Crippen LogP contribution >= 0.6 is 0 Å². The molecule has 1 unspecified atom stereocenters. The van der Waals surface area contributed by atoms with Crippen molar-refractivity contribution in [3.63, 3.8) is 0 Å². The SMILES string of the molecule is O=[N+]([O-])CC(c1ccccc1)c1cn(-c2ccccc2)c2ccccc12.